The summed E-state index contributed by atoms with van der Waals surface area (Å²) >= 11 is 0. The fourth-order valence-corrected chi connectivity index (χ4v) is 2.54. The van der Waals surface area contributed by atoms with Crippen LogP contribution < -0.4 is 10.5 Å². The average molecular weight is 302 g/mol. The first-order chi connectivity index (χ1) is 11.2. The molecule has 0 atom stereocenters. The van der Waals surface area contributed by atoms with Gasteiger partial charge >= 0.3 is 0 Å². The van der Waals surface area contributed by atoms with Crippen molar-refractivity contribution >= 4 is 17.0 Å². The van der Waals surface area contributed by atoms with Gasteiger partial charge in [0.1, 0.15) is 5.75 Å². The zero-order valence-corrected chi connectivity index (χ0v) is 12.9. The van der Waals surface area contributed by atoms with Crippen molar-refractivity contribution in [1.29, 1.82) is 5.41 Å². The number of ether oxygens (including phenoxy) is 1. The third kappa shape index (κ3) is 3.24. The van der Waals surface area contributed by atoms with Gasteiger partial charge in [-0.05, 0) is 58.7 Å². The first-order valence-electron chi connectivity index (χ1n) is 7.37. The number of nitrogens with two attached hydrogens (primary N) is 1. The second kappa shape index (κ2) is 6.36. The Hall–Kier alpha value is -3.07. The quantitative estimate of drug-likeness (QED) is 0.834. The normalized spacial score (nSPS) is 13.3. The molecule has 0 bridgehead atoms. The van der Waals surface area contributed by atoms with E-state index in [0.29, 0.717) is 5.71 Å². The van der Waals surface area contributed by atoms with Crippen LogP contribution in [0.5, 0.6) is 5.75 Å². The van der Waals surface area contributed by atoms with E-state index in [1.807, 2.05) is 60.7 Å². The molecule has 0 saturated carbocycles. The molecule has 114 valence electrons. The number of methoxy groups -OCH3 is 1. The molecular weight excluding hydrogens is 284 g/mol. The Bertz CT molecular complexity index is 792. The minimum Gasteiger partial charge on any atom is -0.497 e. The van der Waals surface area contributed by atoms with E-state index in [9.17, 15) is 0 Å². The van der Waals surface area contributed by atoms with Crippen LogP contribution in [0.4, 0.5) is 5.69 Å². The molecule has 1 aliphatic rings. The van der Waals surface area contributed by atoms with E-state index in [2.05, 4.69) is 0 Å². The van der Waals surface area contributed by atoms with E-state index in [1.54, 1.807) is 19.3 Å². The monoisotopic (exact) mass is 302 g/mol. The average Bonchev–Trinajstić information content (AvgIpc) is 2.59. The number of rotatable bonds is 3. The lowest BCUT2D eigenvalue weighted by Crippen LogP contribution is -1.97. The van der Waals surface area contributed by atoms with E-state index in [1.165, 1.54) is 0 Å². The van der Waals surface area contributed by atoms with Crippen molar-refractivity contribution in [1.82, 2.24) is 0 Å². The van der Waals surface area contributed by atoms with E-state index in [4.69, 9.17) is 15.9 Å². The molecule has 0 saturated heterocycles. The summed E-state index contributed by atoms with van der Waals surface area (Å²) in [5, 5.41) is 7.68. The van der Waals surface area contributed by atoms with Crippen LogP contribution >= 0.6 is 0 Å². The molecule has 0 aliphatic heterocycles. The van der Waals surface area contributed by atoms with Crippen LogP contribution in [0.2, 0.25) is 0 Å². The molecule has 23 heavy (non-hydrogen) atoms. The number of anilines is 1. The third-order valence-corrected chi connectivity index (χ3v) is 3.75. The molecule has 2 aromatic rings. The zero-order chi connectivity index (χ0) is 16.2. The van der Waals surface area contributed by atoms with E-state index >= 15 is 0 Å². The number of nitrogens with one attached hydrogen (secondary N) is 1. The maximum atomic E-state index is 7.68. The van der Waals surface area contributed by atoms with E-state index in [-0.39, 0.29) is 0 Å². The molecule has 0 fully saturated rings. The Kier molecular flexibility index (Phi) is 4.11. The number of nitrogen functional groups attached to an aromatic ring is 1. The second-order valence-corrected chi connectivity index (χ2v) is 5.30. The number of hydrogen-bond donors (Lipinski definition) is 2. The Morgan fingerprint density at radius 2 is 1.35 bits per heavy atom. The smallest absolute Gasteiger partial charge is 0.118 e. The summed E-state index contributed by atoms with van der Waals surface area (Å²) in [6.45, 7) is 0. The summed E-state index contributed by atoms with van der Waals surface area (Å²) in [7, 11) is 1.66. The van der Waals surface area contributed by atoms with Crippen LogP contribution in [-0.2, 0) is 0 Å². The lowest BCUT2D eigenvalue weighted by molar-refractivity contribution is 0.415. The molecule has 0 amide bonds. The molecular formula is C20H18N2O. The van der Waals surface area contributed by atoms with Crippen molar-refractivity contribution in [3.8, 4) is 5.75 Å². The van der Waals surface area contributed by atoms with Gasteiger partial charge in [0, 0.05) is 5.69 Å². The van der Waals surface area contributed by atoms with Gasteiger partial charge in [-0.15, -0.1) is 0 Å². The summed E-state index contributed by atoms with van der Waals surface area (Å²) in [6.07, 6.45) is 7.54. The molecule has 0 unspecified atom stereocenters. The van der Waals surface area contributed by atoms with Crippen LogP contribution in [0.1, 0.15) is 11.1 Å². The molecule has 0 radical (unpaired) electrons. The number of allylic oxidation sites excluding steroid dienone is 5. The van der Waals surface area contributed by atoms with Gasteiger partial charge in [0.25, 0.3) is 0 Å². The SMILES string of the molecule is COc1ccc(C(=C2C=CC(=N)C=C2)c2ccc(N)cc2)cc1. The maximum absolute atomic E-state index is 7.68. The van der Waals surface area contributed by atoms with Gasteiger partial charge in [0.15, 0.2) is 0 Å². The van der Waals surface area contributed by atoms with Crippen LogP contribution in [0.25, 0.3) is 5.57 Å². The Morgan fingerprint density at radius 3 is 1.87 bits per heavy atom. The molecule has 3 rings (SSSR count). The molecule has 0 heterocycles. The standard InChI is InChI=1S/C20H18N2O/c1-23-19-12-6-16(7-13-19)20(14-2-8-17(21)9-3-14)15-4-10-18(22)11-5-15/h2-13,21H,22H2,1H3. The summed E-state index contributed by atoms with van der Waals surface area (Å²) in [5.41, 5.74) is 11.4. The highest BCUT2D eigenvalue weighted by Crippen LogP contribution is 2.31. The van der Waals surface area contributed by atoms with Crippen molar-refractivity contribution < 1.29 is 4.74 Å². The summed E-state index contributed by atoms with van der Waals surface area (Å²) in [5.74, 6) is 0.826. The topological polar surface area (TPSA) is 59.1 Å². The highest BCUT2D eigenvalue weighted by molar-refractivity contribution is 6.05. The van der Waals surface area contributed by atoms with Crippen molar-refractivity contribution in [2.75, 3.05) is 12.8 Å². The van der Waals surface area contributed by atoms with Gasteiger partial charge in [-0.25, -0.2) is 0 Å². The van der Waals surface area contributed by atoms with Crippen LogP contribution in [0.3, 0.4) is 0 Å². The molecule has 3 heteroatoms. The largest absolute Gasteiger partial charge is 0.497 e. The van der Waals surface area contributed by atoms with Crippen molar-refractivity contribution in [3.63, 3.8) is 0 Å². The first kappa shape index (κ1) is 14.9. The van der Waals surface area contributed by atoms with Gasteiger partial charge in [-0.3, -0.25) is 0 Å². The highest BCUT2D eigenvalue weighted by atomic mass is 16.5. The molecule has 3 N–H and O–H groups in total. The maximum Gasteiger partial charge on any atom is 0.118 e. The zero-order valence-electron chi connectivity index (χ0n) is 12.9. The fourth-order valence-electron chi connectivity index (χ4n) is 2.54. The first-order valence-corrected chi connectivity index (χ1v) is 7.37. The Balaban J connectivity index is 2.15. The van der Waals surface area contributed by atoms with Gasteiger partial charge in [-0.1, -0.05) is 36.4 Å². The van der Waals surface area contributed by atoms with Crippen LogP contribution in [0, 0.1) is 5.41 Å². The molecule has 2 aromatic carbocycles. The fraction of sp³-hybridized carbons (Fsp3) is 0.0500. The Morgan fingerprint density at radius 1 is 0.826 bits per heavy atom. The summed E-state index contributed by atoms with van der Waals surface area (Å²) in [6, 6.07) is 15.8. The van der Waals surface area contributed by atoms with Gasteiger partial charge in [-0.2, -0.15) is 0 Å². The minimum absolute atomic E-state index is 0.500. The third-order valence-electron chi connectivity index (χ3n) is 3.75. The minimum atomic E-state index is 0.500. The molecule has 3 nitrogen and oxygen atoms in total. The van der Waals surface area contributed by atoms with Crippen LogP contribution in [0.15, 0.2) is 78.4 Å². The lowest BCUT2D eigenvalue weighted by atomic mass is 9.91. The summed E-state index contributed by atoms with van der Waals surface area (Å²) in [4.78, 5) is 0. The van der Waals surface area contributed by atoms with E-state index < -0.39 is 0 Å². The van der Waals surface area contributed by atoms with Crippen molar-refractivity contribution in [2.24, 2.45) is 0 Å². The second-order valence-electron chi connectivity index (χ2n) is 5.30. The van der Waals surface area contributed by atoms with Gasteiger partial charge in [0.05, 0.1) is 12.8 Å². The molecule has 1 aliphatic carbocycles. The highest BCUT2D eigenvalue weighted by Gasteiger charge is 2.11. The Labute approximate surface area is 135 Å². The van der Waals surface area contributed by atoms with Crippen molar-refractivity contribution in [2.45, 2.75) is 0 Å². The molecule has 0 aromatic heterocycles. The van der Waals surface area contributed by atoms with Crippen molar-refractivity contribution in [3.05, 3.63) is 89.5 Å². The lowest BCUT2D eigenvalue weighted by Gasteiger charge is -2.14. The van der Waals surface area contributed by atoms with Gasteiger partial charge < -0.3 is 15.9 Å². The van der Waals surface area contributed by atoms with Gasteiger partial charge in [0.2, 0.25) is 0 Å². The predicted molar refractivity (Wildman–Crippen MR) is 95.9 cm³/mol. The number of benzene rings is 2. The van der Waals surface area contributed by atoms with Crippen LogP contribution in [-0.4, -0.2) is 12.8 Å². The summed E-state index contributed by atoms with van der Waals surface area (Å²) < 4.78 is 5.24. The predicted octanol–water partition coefficient (Wildman–Crippen LogP) is 4.23. The van der Waals surface area contributed by atoms with E-state index in [0.717, 1.165) is 33.7 Å². The molecule has 0 spiro atoms. The number of hydrogen-bond acceptors (Lipinski definition) is 3.